The highest BCUT2D eigenvalue weighted by molar-refractivity contribution is 6.30. The Morgan fingerprint density at radius 1 is 1.11 bits per heavy atom. The molecular weight excluding hydrogens is 380 g/mol. The van der Waals surface area contributed by atoms with Crippen LogP contribution in [-0.2, 0) is 17.8 Å². The molecule has 0 aliphatic carbocycles. The number of halogens is 1. The Labute approximate surface area is 166 Å². The van der Waals surface area contributed by atoms with Crippen LogP contribution in [0.1, 0.15) is 28.5 Å². The van der Waals surface area contributed by atoms with Gasteiger partial charge in [-0.25, -0.2) is 0 Å². The van der Waals surface area contributed by atoms with E-state index in [2.05, 4.69) is 5.16 Å². The van der Waals surface area contributed by atoms with Crippen LogP contribution in [0.15, 0.2) is 53.1 Å². The van der Waals surface area contributed by atoms with E-state index in [1.807, 2.05) is 24.3 Å². The van der Waals surface area contributed by atoms with E-state index in [0.29, 0.717) is 35.8 Å². The van der Waals surface area contributed by atoms with Crippen LogP contribution in [0.25, 0.3) is 11.3 Å². The van der Waals surface area contributed by atoms with E-state index < -0.39 is 5.97 Å². The largest absolute Gasteiger partial charge is 0.427 e. The number of rotatable bonds is 3. The summed E-state index contributed by atoms with van der Waals surface area (Å²) in [5, 5.41) is 4.83. The van der Waals surface area contributed by atoms with Crippen LogP contribution in [0.5, 0.6) is 5.75 Å². The normalized spacial score (nSPS) is 13.1. The fraction of sp³-hybridized carbons (Fsp3) is 0.190. The minimum absolute atomic E-state index is 0.101. The van der Waals surface area contributed by atoms with E-state index in [-0.39, 0.29) is 5.91 Å². The summed E-state index contributed by atoms with van der Waals surface area (Å²) in [5.74, 6) is 0.639. The van der Waals surface area contributed by atoms with Gasteiger partial charge >= 0.3 is 5.97 Å². The molecule has 142 valence electrons. The van der Waals surface area contributed by atoms with Crippen molar-refractivity contribution in [3.63, 3.8) is 0 Å². The number of carbonyl (C=O) groups is 2. The number of ether oxygens (including phenoxy) is 1. The second-order valence-corrected chi connectivity index (χ2v) is 6.98. The van der Waals surface area contributed by atoms with Crippen molar-refractivity contribution in [3.8, 4) is 17.1 Å². The van der Waals surface area contributed by atoms with Crippen LogP contribution in [-0.4, -0.2) is 28.5 Å². The first-order valence-electron chi connectivity index (χ1n) is 8.82. The molecule has 1 aromatic heterocycles. The maximum Gasteiger partial charge on any atom is 0.308 e. The lowest BCUT2D eigenvalue weighted by molar-refractivity contribution is -0.131. The molecule has 6 nitrogen and oxygen atoms in total. The van der Waals surface area contributed by atoms with Gasteiger partial charge in [-0.2, -0.15) is 0 Å². The third-order valence-electron chi connectivity index (χ3n) is 4.60. The average Bonchev–Trinajstić information content (AvgIpc) is 3.11. The monoisotopic (exact) mass is 396 g/mol. The second kappa shape index (κ2) is 7.48. The molecule has 0 spiro atoms. The van der Waals surface area contributed by atoms with Crippen LogP contribution in [0.4, 0.5) is 0 Å². The van der Waals surface area contributed by atoms with Gasteiger partial charge in [-0.15, -0.1) is 0 Å². The SMILES string of the molecule is CC(=O)Oc1ccc(C(=O)N2CCc3c(noc3-c3ccc(Cl)cc3)C2)cc1. The molecule has 0 saturated carbocycles. The molecule has 4 rings (SSSR count). The summed E-state index contributed by atoms with van der Waals surface area (Å²) >= 11 is 5.95. The predicted octanol–water partition coefficient (Wildman–Crippen LogP) is 4.12. The van der Waals surface area contributed by atoms with E-state index in [1.165, 1.54) is 6.92 Å². The maximum atomic E-state index is 12.8. The number of benzene rings is 2. The Kier molecular flexibility index (Phi) is 4.88. The van der Waals surface area contributed by atoms with Gasteiger partial charge < -0.3 is 14.2 Å². The van der Waals surface area contributed by atoms with Crippen molar-refractivity contribution in [2.24, 2.45) is 0 Å². The van der Waals surface area contributed by atoms with Crippen LogP contribution in [0, 0.1) is 0 Å². The Morgan fingerprint density at radius 3 is 2.50 bits per heavy atom. The molecule has 28 heavy (non-hydrogen) atoms. The zero-order valence-electron chi connectivity index (χ0n) is 15.1. The standard InChI is InChI=1S/C21H17ClN2O4/c1-13(25)27-17-8-4-15(5-9-17)21(26)24-11-10-18-19(12-24)23-28-20(18)14-2-6-16(22)7-3-14/h2-9H,10-12H2,1H3. The van der Waals surface area contributed by atoms with Gasteiger partial charge in [0.25, 0.3) is 5.91 Å². The Hall–Kier alpha value is -3.12. The van der Waals surface area contributed by atoms with E-state index >= 15 is 0 Å². The minimum Gasteiger partial charge on any atom is -0.427 e. The fourth-order valence-electron chi connectivity index (χ4n) is 3.25. The number of aromatic nitrogens is 1. The number of hydrogen-bond acceptors (Lipinski definition) is 5. The Morgan fingerprint density at radius 2 is 1.82 bits per heavy atom. The summed E-state index contributed by atoms with van der Waals surface area (Å²) in [6, 6.07) is 13.9. The quantitative estimate of drug-likeness (QED) is 0.492. The highest BCUT2D eigenvalue weighted by Gasteiger charge is 2.27. The summed E-state index contributed by atoms with van der Waals surface area (Å²) in [6.45, 7) is 2.29. The third kappa shape index (κ3) is 3.64. The molecule has 0 fully saturated rings. The molecule has 2 heterocycles. The van der Waals surface area contributed by atoms with Gasteiger partial charge in [-0.3, -0.25) is 9.59 Å². The van der Waals surface area contributed by atoms with Crippen molar-refractivity contribution < 1.29 is 18.8 Å². The van der Waals surface area contributed by atoms with Crippen LogP contribution in [0.3, 0.4) is 0 Å². The zero-order valence-corrected chi connectivity index (χ0v) is 15.9. The van der Waals surface area contributed by atoms with E-state index in [9.17, 15) is 9.59 Å². The molecule has 0 unspecified atom stereocenters. The number of hydrogen-bond donors (Lipinski definition) is 0. The van der Waals surface area contributed by atoms with Crippen molar-refractivity contribution in [1.29, 1.82) is 0 Å². The second-order valence-electron chi connectivity index (χ2n) is 6.54. The van der Waals surface area contributed by atoms with Gasteiger partial charge in [-0.1, -0.05) is 16.8 Å². The molecule has 3 aromatic rings. The van der Waals surface area contributed by atoms with E-state index in [1.54, 1.807) is 29.2 Å². The molecule has 1 aliphatic rings. The highest BCUT2D eigenvalue weighted by Crippen LogP contribution is 2.31. The first kappa shape index (κ1) is 18.3. The van der Waals surface area contributed by atoms with Crippen LogP contribution in [0.2, 0.25) is 5.02 Å². The number of fused-ring (bicyclic) bond motifs is 1. The lowest BCUT2D eigenvalue weighted by atomic mass is 10.00. The Bertz CT molecular complexity index is 1030. The van der Waals surface area contributed by atoms with Crippen molar-refractivity contribution in [1.82, 2.24) is 10.1 Å². The molecule has 0 N–H and O–H groups in total. The molecule has 0 radical (unpaired) electrons. The number of esters is 1. The average molecular weight is 397 g/mol. The smallest absolute Gasteiger partial charge is 0.308 e. The maximum absolute atomic E-state index is 12.8. The molecule has 0 bridgehead atoms. The molecular formula is C21H17ClN2O4. The minimum atomic E-state index is -0.398. The summed E-state index contributed by atoms with van der Waals surface area (Å²) in [4.78, 5) is 25.5. The Balaban J connectivity index is 1.50. The van der Waals surface area contributed by atoms with E-state index in [4.69, 9.17) is 20.9 Å². The zero-order chi connectivity index (χ0) is 19.7. The molecule has 1 aliphatic heterocycles. The van der Waals surface area contributed by atoms with Crippen molar-refractivity contribution in [2.75, 3.05) is 6.54 Å². The number of amides is 1. The van der Waals surface area contributed by atoms with Gasteiger partial charge in [0.2, 0.25) is 0 Å². The molecule has 2 aromatic carbocycles. The van der Waals surface area contributed by atoms with Gasteiger partial charge in [0.1, 0.15) is 11.4 Å². The summed E-state index contributed by atoms with van der Waals surface area (Å²) in [6.07, 6.45) is 0.661. The molecule has 0 atom stereocenters. The van der Waals surface area contributed by atoms with Crippen LogP contribution >= 0.6 is 11.6 Å². The van der Waals surface area contributed by atoms with Crippen molar-refractivity contribution in [2.45, 2.75) is 19.9 Å². The van der Waals surface area contributed by atoms with Gasteiger partial charge in [0.15, 0.2) is 5.76 Å². The van der Waals surface area contributed by atoms with Gasteiger partial charge in [0.05, 0.1) is 6.54 Å². The van der Waals surface area contributed by atoms with Gasteiger partial charge in [-0.05, 0) is 55.0 Å². The summed E-state index contributed by atoms with van der Waals surface area (Å²) < 4.78 is 10.5. The first-order valence-corrected chi connectivity index (χ1v) is 9.20. The lowest BCUT2D eigenvalue weighted by Gasteiger charge is -2.26. The topological polar surface area (TPSA) is 72.6 Å². The highest BCUT2D eigenvalue weighted by atomic mass is 35.5. The van der Waals surface area contributed by atoms with Crippen molar-refractivity contribution >= 4 is 23.5 Å². The van der Waals surface area contributed by atoms with Crippen molar-refractivity contribution in [3.05, 3.63) is 70.4 Å². The van der Waals surface area contributed by atoms with Gasteiger partial charge in [0, 0.05) is 35.2 Å². The van der Waals surface area contributed by atoms with Crippen LogP contribution < -0.4 is 4.74 Å². The van der Waals surface area contributed by atoms with E-state index in [0.717, 1.165) is 22.6 Å². The lowest BCUT2D eigenvalue weighted by Crippen LogP contribution is -2.35. The third-order valence-corrected chi connectivity index (χ3v) is 4.85. The molecule has 1 amide bonds. The summed E-state index contributed by atoms with van der Waals surface area (Å²) in [5.41, 5.74) is 3.23. The fourth-order valence-corrected chi connectivity index (χ4v) is 3.37. The number of nitrogens with zero attached hydrogens (tertiary/aromatic N) is 2. The first-order chi connectivity index (χ1) is 13.5. The molecule has 7 heteroatoms. The number of carbonyl (C=O) groups excluding carboxylic acids is 2. The predicted molar refractivity (Wildman–Crippen MR) is 103 cm³/mol. The molecule has 0 saturated heterocycles. The summed E-state index contributed by atoms with van der Waals surface area (Å²) in [7, 11) is 0.